The molecule has 26 heavy (non-hydrogen) atoms. The first-order valence-electron chi connectivity index (χ1n) is 8.19. The van der Waals surface area contributed by atoms with Crippen LogP contribution in [0.5, 0.6) is 11.5 Å². The highest BCUT2D eigenvalue weighted by Crippen LogP contribution is 2.39. The molecule has 0 aliphatic carbocycles. The van der Waals surface area contributed by atoms with Crippen molar-refractivity contribution < 1.29 is 23.8 Å². The lowest BCUT2D eigenvalue weighted by Crippen LogP contribution is -2.23. The molecule has 0 bridgehead atoms. The zero-order valence-corrected chi connectivity index (χ0v) is 14.5. The number of fused-ring (bicyclic) bond motifs is 1. The number of benzene rings is 2. The monoisotopic (exact) mass is 350 g/mol. The molecule has 132 valence electrons. The maximum absolute atomic E-state index is 12.3. The number of nitrogens with zero attached hydrogens (tertiary/aromatic N) is 2. The van der Waals surface area contributed by atoms with E-state index in [0.717, 1.165) is 5.56 Å². The lowest BCUT2D eigenvalue weighted by molar-refractivity contribution is -0.139. The molecule has 6 nitrogen and oxygen atoms in total. The number of esters is 1. The van der Waals surface area contributed by atoms with Crippen LogP contribution in [0.3, 0.4) is 0 Å². The van der Waals surface area contributed by atoms with Gasteiger partial charge in [0.25, 0.3) is 0 Å². The molecule has 0 unspecified atom stereocenters. The van der Waals surface area contributed by atoms with Crippen LogP contribution in [0.25, 0.3) is 11.1 Å². The number of carbonyl (C=O) groups excluding carboxylic acids is 1. The molecule has 2 aromatic rings. The fourth-order valence-corrected chi connectivity index (χ4v) is 2.78. The van der Waals surface area contributed by atoms with Crippen LogP contribution in [0.4, 0.5) is 0 Å². The van der Waals surface area contributed by atoms with Gasteiger partial charge in [-0.3, -0.25) is 0 Å². The molecule has 6 heteroatoms. The van der Waals surface area contributed by atoms with Crippen molar-refractivity contribution in [3.63, 3.8) is 0 Å². The second-order valence-corrected chi connectivity index (χ2v) is 5.56. The number of ether oxygens (including phenoxy) is 3. The molecule has 0 radical (unpaired) electrons. The summed E-state index contributed by atoms with van der Waals surface area (Å²) in [5.41, 5.74) is 11.2. The Balaban J connectivity index is 2.13. The summed E-state index contributed by atoms with van der Waals surface area (Å²) in [5, 5.41) is 0. The zero-order chi connectivity index (χ0) is 18.5. The van der Waals surface area contributed by atoms with Gasteiger partial charge in [-0.25, -0.2) is 4.79 Å². The molecule has 1 aliphatic rings. The minimum absolute atomic E-state index is 0.175. The van der Waals surface area contributed by atoms with Gasteiger partial charge in [0.05, 0.1) is 19.3 Å². The highest BCUT2D eigenvalue weighted by atomic mass is 16.5. The van der Waals surface area contributed by atoms with Crippen LogP contribution in [0.1, 0.15) is 24.2 Å². The van der Waals surface area contributed by atoms with Gasteiger partial charge in [0.1, 0.15) is 17.6 Å². The molecule has 1 aliphatic heterocycles. The average Bonchev–Trinajstić information content (AvgIpc) is 2.69. The van der Waals surface area contributed by atoms with E-state index in [-0.39, 0.29) is 12.3 Å². The summed E-state index contributed by atoms with van der Waals surface area (Å²) in [7, 11) is 1.55. The van der Waals surface area contributed by atoms with Crippen LogP contribution in [0.15, 0.2) is 54.6 Å². The average molecular weight is 350 g/mol. The number of carbonyl (C=O) groups is 1. The molecule has 3 rings (SSSR count). The lowest BCUT2D eigenvalue weighted by atomic mass is 9.93. The predicted molar refractivity (Wildman–Crippen MR) is 96.0 cm³/mol. The van der Waals surface area contributed by atoms with Crippen LogP contribution < -0.4 is 9.47 Å². The maximum atomic E-state index is 12.3. The summed E-state index contributed by atoms with van der Waals surface area (Å²) in [6, 6.07) is 14.8. The Kier molecular flexibility index (Phi) is 5.15. The first-order valence-corrected chi connectivity index (χ1v) is 8.19. The third kappa shape index (κ3) is 3.36. The van der Waals surface area contributed by atoms with E-state index in [4.69, 9.17) is 14.2 Å². The minimum Gasteiger partial charge on any atom is -0.497 e. The molecular formula is C20H18N2O4. The Hall–Kier alpha value is -3.37. The Labute approximate surface area is 151 Å². The van der Waals surface area contributed by atoms with Crippen LogP contribution in [-0.4, -0.2) is 30.2 Å². The van der Waals surface area contributed by atoms with E-state index in [2.05, 4.69) is 4.79 Å². The third-order valence-electron chi connectivity index (χ3n) is 4.00. The molecule has 1 atom stereocenters. The molecule has 0 fully saturated rings. The number of rotatable bonds is 5. The van der Waals surface area contributed by atoms with Crippen molar-refractivity contribution in [3.05, 3.63) is 71.3 Å². The first kappa shape index (κ1) is 17.5. The van der Waals surface area contributed by atoms with Crippen LogP contribution in [0, 0.1) is 0 Å². The molecule has 0 saturated carbocycles. The molecule has 0 amide bonds. The minimum atomic E-state index is -0.705. The fraction of sp³-hybridized carbons (Fsp3) is 0.200. The van der Waals surface area contributed by atoms with E-state index >= 15 is 0 Å². The van der Waals surface area contributed by atoms with E-state index in [9.17, 15) is 10.3 Å². The molecule has 1 heterocycles. The smallest absolute Gasteiger partial charge is 0.422 e. The van der Waals surface area contributed by atoms with E-state index in [0.29, 0.717) is 22.6 Å². The second-order valence-electron chi connectivity index (χ2n) is 5.56. The summed E-state index contributed by atoms with van der Waals surface area (Å²) in [5.74, 6) is 0.448. The van der Waals surface area contributed by atoms with Gasteiger partial charge in [0, 0.05) is 5.56 Å². The molecule has 0 N–H and O–H groups in total. The van der Waals surface area contributed by atoms with Crippen molar-refractivity contribution in [3.8, 4) is 11.5 Å². The molecule has 0 aromatic heterocycles. The second kappa shape index (κ2) is 7.68. The Bertz CT molecular complexity index is 899. The number of hydrogen-bond acceptors (Lipinski definition) is 4. The summed E-state index contributed by atoms with van der Waals surface area (Å²) < 4.78 is 16.3. The van der Waals surface area contributed by atoms with Gasteiger partial charge in [-0.2, -0.15) is 4.79 Å². The quantitative estimate of drug-likeness (QED) is 0.358. The van der Waals surface area contributed by atoms with Gasteiger partial charge >= 0.3 is 11.7 Å². The summed E-state index contributed by atoms with van der Waals surface area (Å²) in [4.78, 5) is 15.4. The van der Waals surface area contributed by atoms with Gasteiger partial charge in [-0.1, -0.05) is 30.3 Å². The van der Waals surface area contributed by atoms with Crippen LogP contribution in [-0.2, 0) is 9.53 Å². The van der Waals surface area contributed by atoms with Crippen LogP contribution >= 0.6 is 0 Å². The number of hydrogen-bond donors (Lipinski definition) is 0. The highest BCUT2D eigenvalue weighted by Gasteiger charge is 2.34. The van der Waals surface area contributed by atoms with E-state index in [1.807, 2.05) is 30.3 Å². The SMILES string of the molecule is CCOC(=O)C(=[N+]=[N-])C1=C[C@H](c2ccccc2)Oc2ccc(OC)cc21. The van der Waals surface area contributed by atoms with Crippen molar-refractivity contribution >= 4 is 17.3 Å². The van der Waals surface area contributed by atoms with Crippen molar-refractivity contribution in [2.24, 2.45) is 0 Å². The number of methoxy groups -OCH3 is 1. The standard InChI is InChI=1S/C20H18N2O4/c1-3-25-20(23)19(22-21)16-12-18(13-7-5-4-6-8-13)26-17-10-9-14(24-2)11-15(16)17/h4-12,18H,3H2,1-2H3/t18-/m1/s1. The largest absolute Gasteiger partial charge is 0.497 e. The van der Waals surface area contributed by atoms with Crippen molar-refractivity contribution in [2.45, 2.75) is 13.0 Å². The summed E-state index contributed by atoms with van der Waals surface area (Å²) >= 11 is 0. The molecule has 2 aromatic carbocycles. The van der Waals surface area contributed by atoms with Crippen molar-refractivity contribution in [1.29, 1.82) is 0 Å². The maximum Gasteiger partial charge on any atom is 0.422 e. The third-order valence-corrected chi connectivity index (χ3v) is 4.00. The Morgan fingerprint density at radius 3 is 2.65 bits per heavy atom. The van der Waals surface area contributed by atoms with Crippen molar-refractivity contribution in [2.75, 3.05) is 13.7 Å². The zero-order valence-electron chi connectivity index (χ0n) is 14.5. The van der Waals surface area contributed by atoms with Crippen molar-refractivity contribution in [1.82, 2.24) is 0 Å². The topological polar surface area (TPSA) is 81.2 Å². The van der Waals surface area contributed by atoms with Gasteiger partial charge in [-0.05, 0) is 36.8 Å². The van der Waals surface area contributed by atoms with Gasteiger partial charge in [0.15, 0.2) is 0 Å². The first-order chi connectivity index (χ1) is 12.7. The Morgan fingerprint density at radius 1 is 1.23 bits per heavy atom. The lowest BCUT2D eigenvalue weighted by Gasteiger charge is -2.24. The Morgan fingerprint density at radius 2 is 2.00 bits per heavy atom. The normalized spacial score (nSPS) is 15.0. The molecule has 0 spiro atoms. The molecular weight excluding hydrogens is 332 g/mol. The van der Waals surface area contributed by atoms with Gasteiger partial charge in [-0.15, -0.1) is 0 Å². The predicted octanol–water partition coefficient (Wildman–Crippen LogP) is 3.45. The summed E-state index contributed by atoms with van der Waals surface area (Å²) in [6.07, 6.45) is 1.31. The van der Waals surface area contributed by atoms with Gasteiger partial charge < -0.3 is 19.7 Å². The summed E-state index contributed by atoms with van der Waals surface area (Å²) in [6.45, 7) is 1.86. The van der Waals surface area contributed by atoms with Gasteiger partial charge in [0.2, 0.25) is 0 Å². The van der Waals surface area contributed by atoms with E-state index in [1.165, 1.54) is 0 Å². The van der Waals surface area contributed by atoms with E-state index < -0.39 is 12.1 Å². The molecule has 0 saturated heterocycles. The van der Waals surface area contributed by atoms with Crippen LogP contribution in [0.2, 0.25) is 0 Å². The van der Waals surface area contributed by atoms with E-state index in [1.54, 1.807) is 38.3 Å². The highest BCUT2D eigenvalue weighted by molar-refractivity contribution is 6.52. The fourth-order valence-electron chi connectivity index (χ4n) is 2.78.